The Hall–Kier alpha value is -0.310. The van der Waals surface area contributed by atoms with Crippen molar-refractivity contribution >= 4 is 61.8 Å². The second-order valence-corrected chi connectivity index (χ2v) is 11.8. The van der Waals surface area contributed by atoms with Crippen molar-refractivity contribution in [2.24, 2.45) is 20.9 Å². The maximum absolute atomic E-state index is 5.19. The third-order valence-corrected chi connectivity index (χ3v) is 10.5. The van der Waals surface area contributed by atoms with Crippen molar-refractivity contribution in [3.8, 4) is 0 Å². The number of hydrogen-bond acceptors (Lipinski definition) is 8. The highest BCUT2D eigenvalue weighted by atomic mass is 32.2. The van der Waals surface area contributed by atoms with Crippen molar-refractivity contribution in [3.05, 3.63) is 16.6 Å². The van der Waals surface area contributed by atoms with Crippen molar-refractivity contribution in [2.45, 2.75) is 51.2 Å². The average Bonchev–Trinajstić information content (AvgIpc) is 3.33. The summed E-state index contributed by atoms with van der Waals surface area (Å²) in [6, 6.07) is 0. The van der Waals surface area contributed by atoms with E-state index in [-0.39, 0.29) is 16.6 Å². The Morgan fingerprint density at radius 2 is 1.42 bits per heavy atom. The molecule has 3 atom stereocenters. The molecule has 0 aromatic carbocycles. The molecule has 0 saturated heterocycles. The summed E-state index contributed by atoms with van der Waals surface area (Å²) in [7, 11) is 0. The van der Waals surface area contributed by atoms with Crippen LogP contribution in [0.25, 0.3) is 0 Å². The first-order chi connectivity index (χ1) is 12.2. The van der Waals surface area contributed by atoms with E-state index in [2.05, 4.69) is 39.6 Å². The number of aromatic nitrogens is 1. The molecule has 1 aromatic heterocycles. The van der Waals surface area contributed by atoms with E-state index < -0.39 is 0 Å². The predicted octanol–water partition coefficient (Wildman–Crippen LogP) is 4.97. The van der Waals surface area contributed by atoms with Gasteiger partial charge in [-0.25, -0.2) is 4.98 Å². The van der Waals surface area contributed by atoms with Crippen LogP contribution in [-0.4, -0.2) is 48.5 Å². The van der Waals surface area contributed by atoms with E-state index in [0.29, 0.717) is 5.92 Å². The van der Waals surface area contributed by atoms with Gasteiger partial charge in [0.25, 0.3) is 0 Å². The second kappa shape index (κ2) is 6.64. The highest BCUT2D eigenvalue weighted by Crippen LogP contribution is 2.46. The molecule has 3 aliphatic heterocycles. The van der Waals surface area contributed by atoms with Gasteiger partial charge in [0.15, 0.2) is 0 Å². The molecule has 8 heteroatoms. The van der Waals surface area contributed by atoms with Gasteiger partial charge in [-0.15, -0.1) is 46.6 Å². The van der Waals surface area contributed by atoms with Gasteiger partial charge in [-0.2, -0.15) is 0 Å². The molecule has 0 bridgehead atoms. The highest BCUT2D eigenvalue weighted by Gasteiger charge is 2.48. The van der Waals surface area contributed by atoms with Crippen LogP contribution < -0.4 is 0 Å². The van der Waals surface area contributed by atoms with E-state index in [1.54, 1.807) is 11.3 Å². The number of hydrogen-bond donors (Lipinski definition) is 0. The first-order valence-corrected chi connectivity index (χ1v) is 12.7. The zero-order valence-electron chi connectivity index (χ0n) is 15.8. The summed E-state index contributed by atoms with van der Waals surface area (Å²) < 4.78 is 0. The molecule has 0 fully saturated rings. The molecule has 0 aliphatic carbocycles. The quantitative estimate of drug-likeness (QED) is 0.685. The minimum absolute atomic E-state index is 0.171. The van der Waals surface area contributed by atoms with E-state index in [1.807, 2.05) is 46.9 Å². The monoisotopic (exact) mass is 424 g/mol. The lowest BCUT2D eigenvalue weighted by Gasteiger charge is -2.21. The Balaban J connectivity index is 1.61. The summed E-state index contributed by atoms with van der Waals surface area (Å²) in [6.45, 7) is 11.1. The largest absolute Gasteiger partial charge is 0.268 e. The third-order valence-electron chi connectivity index (χ3n) is 4.84. The normalized spacial score (nSPS) is 37.2. The Kier molecular flexibility index (Phi) is 4.86. The van der Waals surface area contributed by atoms with Gasteiger partial charge in [-0.1, -0.05) is 13.8 Å². The van der Waals surface area contributed by atoms with Crippen LogP contribution in [0.15, 0.2) is 26.6 Å². The molecule has 140 valence electrons. The molecule has 4 nitrogen and oxygen atoms in total. The lowest BCUT2D eigenvalue weighted by molar-refractivity contribution is 0.568. The van der Waals surface area contributed by atoms with Crippen LogP contribution in [0.3, 0.4) is 0 Å². The molecule has 0 N–H and O–H groups in total. The van der Waals surface area contributed by atoms with Crippen molar-refractivity contribution in [1.82, 2.24) is 4.98 Å². The van der Waals surface area contributed by atoms with Gasteiger partial charge < -0.3 is 0 Å². The van der Waals surface area contributed by atoms with E-state index in [4.69, 9.17) is 15.0 Å². The number of aliphatic imine (C=N–C) groups is 3. The van der Waals surface area contributed by atoms with Crippen molar-refractivity contribution in [1.29, 1.82) is 0 Å². The van der Waals surface area contributed by atoms with Crippen molar-refractivity contribution < 1.29 is 0 Å². The van der Waals surface area contributed by atoms with Crippen molar-refractivity contribution in [3.63, 3.8) is 0 Å². The SMILES string of the molecule is CC(C)C1=NC(C)(C2=NC(C)(C3=NC(C)(c4nccs4)CS3)CS2)CS1. The minimum Gasteiger partial charge on any atom is -0.268 e. The smallest absolute Gasteiger partial charge is 0.121 e. The van der Waals surface area contributed by atoms with Crippen LogP contribution in [0.1, 0.15) is 39.6 Å². The number of rotatable bonds is 4. The summed E-state index contributed by atoms with van der Waals surface area (Å²) in [5.41, 5.74) is -0.616. The Bertz CT molecular complexity index is 800. The van der Waals surface area contributed by atoms with Gasteiger partial charge in [-0.3, -0.25) is 15.0 Å². The average molecular weight is 425 g/mol. The van der Waals surface area contributed by atoms with Crippen LogP contribution >= 0.6 is 46.6 Å². The zero-order chi connectivity index (χ0) is 18.6. The number of thioether (sulfide) groups is 3. The van der Waals surface area contributed by atoms with Gasteiger partial charge in [0.2, 0.25) is 0 Å². The molecular formula is C18H24N4S4. The summed E-state index contributed by atoms with van der Waals surface area (Å²) >= 11 is 7.29. The lowest BCUT2D eigenvalue weighted by atomic mass is 10.0. The Labute approximate surface area is 172 Å². The standard InChI is InChI=1S/C18H24N4S4/c1-11(2)12-20-17(4,8-24-12)14-22-18(5,10-26-14)15-21-16(3,9-25-15)13-19-6-7-23-13/h6-7,11H,8-10H2,1-5H3. The highest BCUT2D eigenvalue weighted by molar-refractivity contribution is 8.17. The summed E-state index contributed by atoms with van der Waals surface area (Å²) in [6.07, 6.45) is 1.87. The molecule has 3 aliphatic rings. The molecule has 26 heavy (non-hydrogen) atoms. The van der Waals surface area contributed by atoms with E-state index in [0.717, 1.165) is 27.3 Å². The second-order valence-electron chi connectivity index (χ2n) is 7.96. The summed E-state index contributed by atoms with van der Waals surface area (Å²) in [5.74, 6) is 3.39. The van der Waals surface area contributed by atoms with E-state index >= 15 is 0 Å². The fraction of sp³-hybridized carbons (Fsp3) is 0.667. The molecular weight excluding hydrogens is 400 g/mol. The maximum atomic E-state index is 5.19. The van der Waals surface area contributed by atoms with Crippen LogP contribution in [0.5, 0.6) is 0 Å². The molecule has 0 saturated carbocycles. The molecule has 0 spiro atoms. The molecule has 4 rings (SSSR count). The molecule has 0 radical (unpaired) electrons. The van der Waals surface area contributed by atoms with E-state index in [9.17, 15) is 0 Å². The molecule has 4 heterocycles. The predicted molar refractivity (Wildman–Crippen MR) is 121 cm³/mol. The van der Waals surface area contributed by atoms with Crippen LogP contribution in [0.4, 0.5) is 0 Å². The topological polar surface area (TPSA) is 50.0 Å². The van der Waals surface area contributed by atoms with Crippen LogP contribution in [0.2, 0.25) is 0 Å². The van der Waals surface area contributed by atoms with Gasteiger partial charge in [-0.05, 0) is 20.8 Å². The Morgan fingerprint density at radius 3 is 2.00 bits per heavy atom. The van der Waals surface area contributed by atoms with Gasteiger partial charge in [0.05, 0.1) is 15.1 Å². The molecule has 1 aromatic rings. The Morgan fingerprint density at radius 1 is 0.846 bits per heavy atom. The first kappa shape index (κ1) is 19.0. The fourth-order valence-electron chi connectivity index (χ4n) is 3.18. The minimum atomic E-state index is -0.233. The number of nitrogens with zero attached hydrogens (tertiary/aromatic N) is 4. The van der Waals surface area contributed by atoms with Crippen molar-refractivity contribution in [2.75, 3.05) is 17.3 Å². The zero-order valence-corrected chi connectivity index (χ0v) is 19.0. The summed E-state index contributed by atoms with van der Waals surface area (Å²) in [4.78, 5) is 19.8. The first-order valence-electron chi connectivity index (χ1n) is 8.83. The number of thiazole rings is 1. The van der Waals surface area contributed by atoms with Crippen LogP contribution in [0, 0.1) is 5.92 Å². The maximum Gasteiger partial charge on any atom is 0.121 e. The fourth-order valence-corrected chi connectivity index (χ4v) is 8.06. The third kappa shape index (κ3) is 3.20. The van der Waals surface area contributed by atoms with Gasteiger partial charge in [0, 0.05) is 34.8 Å². The van der Waals surface area contributed by atoms with Gasteiger partial charge >= 0.3 is 0 Å². The van der Waals surface area contributed by atoms with Gasteiger partial charge in [0.1, 0.15) is 21.6 Å². The van der Waals surface area contributed by atoms with Crippen LogP contribution in [-0.2, 0) is 5.54 Å². The summed E-state index contributed by atoms with van der Waals surface area (Å²) in [5, 5.41) is 6.72. The molecule has 0 amide bonds. The molecule has 3 unspecified atom stereocenters. The lowest BCUT2D eigenvalue weighted by Crippen LogP contribution is -2.33. The van der Waals surface area contributed by atoms with E-state index in [1.165, 1.54) is 10.1 Å².